The fraction of sp³-hybridized carbons (Fsp3) is 0.500. The van der Waals surface area contributed by atoms with Gasteiger partial charge in [0.25, 0.3) is 5.91 Å². The summed E-state index contributed by atoms with van der Waals surface area (Å²) in [5.74, 6) is 0.421. The average molecular weight is 382 g/mol. The molecule has 1 aliphatic carbocycles. The molecule has 1 aromatic rings. The first-order chi connectivity index (χ1) is 10.9. The van der Waals surface area contributed by atoms with Crippen LogP contribution in [0.5, 0.6) is 5.75 Å². The van der Waals surface area contributed by atoms with Crippen LogP contribution >= 0.6 is 15.9 Å². The molecule has 0 radical (unpaired) electrons. The van der Waals surface area contributed by atoms with Crippen molar-refractivity contribution in [3.05, 3.63) is 28.2 Å². The van der Waals surface area contributed by atoms with E-state index in [-0.39, 0.29) is 30.3 Å². The molecule has 4 rings (SSSR count). The van der Waals surface area contributed by atoms with Crippen LogP contribution in [0, 0.1) is 5.92 Å². The fourth-order valence-electron chi connectivity index (χ4n) is 4.03. The van der Waals surface area contributed by atoms with Gasteiger partial charge in [0.1, 0.15) is 18.0 Å². The van der Waals surface area contributed by atoms with Crippen molar-refractivity contribution in [2.24, 2.45) is 16.6 Å². The standard InChI is InChI=1S/C16H17BrFN3O2/c1-21-14(22)16(20-15(21)19)10-4-3-9(18)7-13(10)23-12-5-2-8(17)6-11(12)16/h2,5-6,9-10,13H,3-4,7H2,1H3,(H2,19,20). The molecule has 1 spiro atoms. The topological polar surface area (TPSA) is 67.9 Å². The third kappa shape index (κ3) is 1.95. The van der Waals surface area contributed by atoms with Crippen LogP contribution in [-0.4, -0.2) is 36.1 Å². The molecule has 2 aliphatic heterocycles. The molecular formula is C16H17BrFN3O2. The van der Waals surface area contributed by atoms with Crippen molar-refractivity contribution in [3.8, 4) is 5.75 Å². The highest BCUT2D eigenvalue weighted by molar-refractivity contribution is 9.10. The third-order valence-electron chi connectivity index (χ3n) is 5.16. The van der Waals surface area contributed by atoms with Crippen molar-refractivity contribution in [2.75, 3.05) is 7.05 Å². The van der Waals surface area contributed by atoms with E-state index in [4.69, 9.17) is 10.5 Å². The number of alkyl halides is 1. The van der Waals surface area contributed by atoms with Crippen molar-refractivity contribution in [1.82, 2.24) is 4.90 Å². The lowest BCUT2D eigenvalue weighted by Crippen LogP contribution is -2.54. The summed E-state index contributed by atoms with van der Waals surface area (Å²) in [6.45, 7) is 0. The second-order valence-electron chi connectivity index (χ2n) is 6.41. The predicted octanol–water partition coefficient (Wildman–Crippen LogP) is 2.33. The highest BCUT2D eigenvalue weighted by atomic mass is 79.9. The molecule has 0 saturated heterocycles. The van der Waals surface area contributed by atoms with Gasteiger partial charge in [0.15, 0.2) is 11.5 Å². The van der Waals surface area contributed by atoms with Crippen LogP contribution in [0.2, 0.25) is 0 Å². The summed E-state index contributed by atoms with van der Waals surface area (Å²) in [5.41, 5.74) is 5.56. The molecule has 1 saturated carbocycles. The summed E-state index contributed by atoms with van der Waals surface area (Å²) < 4.78 is 20.7. The molecule has 0 aromatic heterocycles. The predicted molar refractivity (Wildman–Crippen MR) is 86.9 cm³/mol. The summed E-state index contributed by atoms with van der Waals surface area (Å²) in [6, 6.07) is 5.51. The van der Waals surface area contributed by atoms with Crippen molar-refractivity contribution >= 4 is 27.8 Å². The number of nitrogens with two attached hydrogens (primary N) is 1. The summed E-state index contributed by atoms with van der Waals surface area (Å²) in [4.78, 5) is 19.0. The molecule has 1 aromatic carbocycles. The molecule has 23 heavy (non-hydrogen) atoms. The minimum atomic E-state index is -1.10. The average Bonchev–Trinajstić information content (AvgIpc) is 2.74. The SMILES string of the molecule is CN1C(=O)C2(N=C1N)c1cc(Br)ccc1OC1CC(F)CCC12. The summed E-state index contributed by atoms with van der Waals surface area (Å²) in [5, 5.41) is 0. The van der Waals surface area contributed by atoms with Gasteiger partial charge in [-0.05, 0) is 31.0 Å². The van der Waals surface area contributed by atoms with Crippen molar-refractivity contribution in [2.45, 2.75) is 37.1 Å². The molecule has 0 bridgehead atoms. The second-order valence-corrected chi connectivity index (χ2v) is 7.33. The Kier molecular flexibility index (Phi) is 3.20. The van der Waals surface area contributed by atoms with Crippen LogP contribution < -0.4 is 10.5 Å². The van der Waals surface area contributed by atoms with E-state index in [1.165, 1.54) is 4.90 Å². The van der Waals surface area contributed by atoms with E-state index in [2.05, 4.69) is 20.9 Å². The smallest absolute Gasteiger partial charge is 0.262 e. The van der Waals surface area contributed by atoms with E-state index >= 15 is 0 Å². The molecule has 7 heteroatoms. The van der Waals surface area contributed by atoms with Crippen LogP contribution in [0.25, 0.3) is 0 Å². The number of benzene rings is 1. The van der Waals surface area contributed by atoms with Gasteiger partial charge in [-0.15, -0.1) is 0 Å². The Morgan fingerprint density at radius 1 is 1.48 bits per heavy atom. The Balaban J connectivity index is 1.94. The summed E-state index contributed by atoms with van der Waals surface area (Å²) >= 11 is 3.45. The molecular weight excluding hydrogens is 365 g/mol. The van der Waals surface area contributed by atoms with Gasteiger partial charge in [-0.2, -0.15) is 0 Å². The van der Waals surface area contributed by atoms with Crippen molar-refractivity contribution < 1.29 is 13.9 Å². The van der Waals surface area contributed by atoms with Crippen LogP contribution in [0.1, 0.15) is 24.8 Å². The number of guanidine groups is 1. The molecule has 122 valence electrons. The maximum atomic E-state index is 13.9. The first-order valence-corrected chi connectivity index (χ1v) is 8.47. The number of halogens is 2. The van der Waals surface area contributed by atoms with Crippen molar-refractivity contribution in [1.29, 1.82) is 0 Å². The van der Waals surface area contributed by atoms with Crippen molar-refractivity contribution in [3.63, 3.8) is 0 Å². The molecule has 1 amide bonds. The summed E-state index contributed by atoms with van der Waals surface area (Å²) in [7, 11) is 1.62. The van der Waals surface area contributed by atoms with Gasteiger partial charge < -0.3 is 10.5 Å². The van der Waals surface area contributed by atoms with E-state index in [1.807, 2.05) is 12.1 Å². The zero-order chi connectivity index (χ0) is 16.4. The number of hydrogen-bond donors (Lipinski definition) is 1. The number of ether oxygens (including phenoxy) is 1. The van der Waals surface area contributed by atoms with Gasteiger partial charge in [-0.25, -0.2) is 9.38 Å². The number of amides is 1. The van der Waals surface area contributed by atoms with E-state index in [1.54, 1.807) is 13.1 Å². The molecule has 4 atom stereocenters. The van der Waals surface area contributed by atoms with E-state index < -0.39 is 11.7 Å². The van der Waals surface area contributed by atoms with Crippen LogP contribution in [0.3, 0.4) is 0 Å². The molecule has 4 unspecified atom stereocenters. The molecule has 1 fully saturated rings. The second kappa shape index (κ2) is 4.93. The maximum Gasteiger partial charge on any atom is 0.262 e. The number of carbonyl (C=O) groups is 1. The number of hydrogen-bond acceptors (Lipinski definition) is 4. The maximum absolute atomic E-state index is 13.9. The highest BCUT2D eigenvalue weighted by Crippen LogP contribution is 2.53. The normalized spacial score (nSPS) is 35.6. The van der Waals surface area contributed by atoms with Gasteiger partial charge in [0, 0.05) is 29.4 Å². The first kappa shape index (κ1) is 14.9. The van der Waals surface area contributed by atoms with Gasteiger partial charge in [0.05, 0.1) is 0 Å². The number of aliphatic imine (C=N–C) groups is 1. The lowest BCUT2D eigenvalue weighted by molar-refractivity contribution is -0.137. The van der Waals surface area contributed by atoms with E-state index in [9.17, 15) is 9.18 Å². The molecule has 2 heterocycles. The fourth-order valence-corrected chi connectivity index (χ4v) is 4.40. The zero-order valence-corrected chi connectivity index (χ0v) is 14.2. The minimum absolute atomic E-state index is 0.162. The summed E-state index contributed by atoms with van der Waals surface area (Å²) in [6.07, 6.45) is -0.00914. The number of fused-ring (bicyclic) bond motifs is 4. The zero-order valence-electron chi connectivity index (χ0n) is 12.6. The van der Waals surface area contributed by atoms with Crippen LogP contribution in [0.15, 0.2) is 27.7 Å². The van der Waals surface area contributed by atoms with Crippen LogP contribution in [0.4, 0.5) is 4.39 Å². The Bertz CT molecular complexity index is 725. The number of rotatable bonds is 0. The monoisotopic (exact) mass is 381 g/mol. The Labute approximate surface area is 141 Å². The molecule has 5 nitrogen and oxygen atoms in total. The van der Waals surface area contributed by atoms with Gasteiger partial charge >= 0.3 is 0 Å². The lowest BCUT2D eigenvalue weighted by Gasteiger charge is -2.46. The van der Waals surface area contributed by atoms with E-state index in [0.717, 1.165) is 4.47 Å². The number of carbonyl (C=O) groups excluding carboxylic acids is 1. The van der Waals surface area contributed by atoms with E-state index in [0.29, 0.717) is 24.2 Å². The van der Waals surface area contributed by atoms with Gasteiger partial charge in [0.2, 0.25) is 0 Å². The highest BCUT2D eigenvalue weighted by Gasteiger charge is 2.60. The third-order valence-corrected chi connectivity index (χ3v) is 5.65. The lowest BCUT2D eigenvalue weighted by atomic mass is 9.67. The first-order valence-electron chi connectivity index (χ1n) is 7.67. The van der Waals surface area contributed by atoms with Gasteiger partial charge in [-0.1, -0.05) is 15.9 Å². The molecule has 2 N–H and O–H groups in total. The van der Waals surface area contributed by atoms with Gasteiger partial charge in [-0.3, -0.25) is 9.69 Å². The Morgan fingerprint density at radius 2 is 2.26 bits per heavy atom. The van der Waals surface area contributed by atoms with Crippen LogP contribution in [-0.2, 0) is 10.3 Å². The largest absolute Gasteiger partial charge is 0.490 e. The number of likely N-dealkylation sites (N-methyl/N-ethyl adjacent to an activating group) is 1. The Hall–Kier alpha value is -1.63. The molecule has 3 aliphatic rings. The number of nitrogens with zero attached hydrogens (tertiary/aromatic N) is 2. The quantitative estimate of drug-likeness (QED) is 0.749. The Morgan fingerprint density at radius 3 is 2.96 bits per heavy atom. The minimum Gasteiger partial charge on any atom is -0.490 e.